The summed E-state index contributed by atoms with van der Waals surface area (Å²) in [5.41, 5.74) is 8.73. The Morgan fingerprint density at radius 1 is 1.44 bits per heavy atom. The van der Waals surface area contributed by atoms with Crippen molar-refractivity contribution in [3.8, 4) is 0 Å². The van der Waals surface area contributed by atoms with Crippen molar-refractivity contribution in [2.75, 3.05) is 0 Å². The molecule has 0 radical (unpaired) electrons. The van der Waals surface area contributed by atoms with Crippen molar-refractivity contribution in [3.05, 3.63) is 29.0 Å². The number of allylic oxidation sites excluding steroid dienone is 1. The average Bonchev–Trinajstić information content (AvgIpc) is 2.98. The summed E-state index contributed by atoms with van der Waals surface area (Å²) in [5.74, 6) is 1.85. The van der Waals surface area contributed by atoms with Gasteiger partial charge in [0, 0.05) is 29.1 Å². The third-order valence-electron chi connectivity index (χ3n) is 2.73. The first-order valence-corrected chi connectivity index (χ1v) is 5.89. The Morgan fingerprint density at radius 2 is 2.12 bits per heavy atom. The predicted molar refractivity (Wildman–Crippen MR) is 65.9 cm³/mol. The van der Waals surface area contributed by atoms with Crippen LogP contribution >= 0.6 is 0 Å². The van der Waals surface area contributed by atoms with Crippen molar-refractivity contribution >= 4 is 6.08 Å². The van der Waals surface area contributed by atoms with Crippen LogP contribution in [0.2, 0.25) is 0 Å². The second-order valence-corrected chi connectivity index (χ2v) is 4.89. The highest BCUT2D eigenvalue weighted by atomic mass is 14.9. The second kappa shape index (κ2) is 4.24. The van der Waals surface area contributed by atoms with E-state index in [2.05, 4.69) is 29.9 Å². The highest BCUT2D eigenvalue weighted by Crippen LogP contribution is 2.39. The molecule has 2 N–H and O–H groups in total. The summed E-state index contributed by atoms with van der Waals surface area (Å²) >= 11 is 0. The van der Waals surface area contributed by atoms with Crippen LogP contribution in [0.4, 0.5) is 0 Å². The van der Waals surface area contributed by atoms with E-state index < -0.39 is 0 Å². The summed E-state index contributed by atoms with van der Waals surface area (Å²) < 4.78 is 0. The Morgan fingerprint density at radius 3 is 2.62 bits per heavy atom. The largest absolute Gasteiger partial charge is 0.402 e. The minimum absolute atomic E-state index is 0.436. The van der Waals surface area contributed by atoms with Crippen LogP contribution in [0, 0.1) is 0 Å². The van der Waals surface area contributed by atoms with Crippen LogP contribution in [0.25, 0.3) is 6.08 Å². The van der Waals surface area contributed by atoms with Gasteiger partial charge in [0.25, 0.3) is 0 Å². The second-order valence-electron chi connectivity index (χ2n) is 4.89. The van der Waals surface area contributed by atoms with Crippen molar-refractivity contribution in [2.45, 2.75) is 45.4 Å². The van der Waals surface area contributed by atoms with Crippen molar-refractivity contribution in [3.63, 3.8) is 0 Å². The molecule has 1 aliphatic rings. The fourth-order valence-corrected chi connectivity index (χ4v) is 1.66. The molecule has 0 unspecified atom stereocenters. The monoisotopic (exact) mass is 217 g/mol. The summed E-state index contributed by atoms with van der Waals surface area (Å²) in [7, 11) is 0. The Labute approximate surface area is 96.8 Å². The van der Waals surface area contributed by atoms with E-state index in [9.17, 15) is 0 Å². The molecule has 3 heteroatoms. The van der Waals surface area contributed by atoms with Gasteiger partial charge >= 0.3 is 0 Å². The number of nitrogens with zero attached hydrogens (tertiary/aromatic N) is 2. The van der Waals surface area contributed by atoms with Crippen LogP contribution in [0.5, 0.6) is 0 Å². The Hall–Kier alpha value is -1.38. The van der Waals surface area contributed by atoms with E-state index in [1.54, 1.807) is 0 Å². The molecule has 0 amide bonds. The first kappa shape index (κ1) is 11.1. The van der Waals surface area contributed by atoms with E-state index in [0.29, 0.717) is 11.8 Å². The fraction of sp³-hybridized carbons (Fsp3) is 0.538. The lowest BCUT2D eigenvalue weighted by molar-refractivity contribution is 0.796. The standard InChI is InChI=1S/C13H19N3/c1-8(2)11-7-12(10-4-5-10)16-13(15-11)6-9(3)14/h6-8,10H,4-5,14H2,1-3H3/b9-6-. The molecule has 86 valence electrons. The molecule has 0 saturated heterocycles. The van der Waals surface area contributed by atoms with E-state index in [0.717, 1.165) is 17.2 Å². The highest BCUT2D eigenvalue weighted by molar-refractivity contribution is 5.44. The zero-order chi connectivity index (χ0) is 11.7. The molecular weight excluding hydrogens is 198 g/mol. The topological polar surface area (TPSA) is 51.8 Å². The van der Waals surface area contributed by atoms with Crippen LogP contribution in [0.15, 0.2) is 11.8 Å². The van der Waals surface area contributed by atoms with E-state index >= 15 is 0 Å². The minimum Gasteiger partial charge on any atom is -0.402 e. The van der Waals surface area contributed by atoms with Gasteiger partial charge in [0.15, 0.2) is 5.82 Å². The van der Waals surface area contributed by atoms with Crippen LogP contribution in [0.3, 0.4) is 0 Å². The van der Waals surface area contributed by atoms with Crippen LogP contribution < -0.4 is 5.73 Å². The first-order chi connectivity index (χ1) is 7.56. The van der Waals surface area contributed by atoms with Crippen molar-refractivity contribution < 1.29 is 0 Å². The Kier molecular flexibility index (Phi) is 2.95. The van der Waals surface area contributed by atoms with Gasteiger partial charge in [0.1, 0.15) is 0 Å². The van der Waals surface area contributed by atoms with E-state index in [-0.39, 0.29) is 0 Å². The molecule has 0 atom stereocenters. The quantitative estimate of drug-likeness (QED) is 0.847. The summed E-state index contributed by atoms with van der Waals surface area (Å²) in [6.45, 7) is 6.17. The highest BCUT2D eigenvalue weighted by Gasteiger charge is 2.26. The van der Waals surface area contributed by atoms with Crippen molar-refractivity contribution in [1.29, 1.82) is 0 Å². The molecule has 0 aliphatic heterocycles. The molecule has 1 saturated carbocycles. The van der Waals surface area contributed by atoms with Gasteiger partial charge in [0.2, 0.25) is 0 Å². The zero-order valence-corrected chi connectivity index (χ0v) is 10.2. The lowest BCUT2D eigenvalue weighted by atomic mass is 10.1. The van der Waals surface area contributed by atoms with E-state index in [1.165, 1.54) is 18.5 Å². The Balaban J connectivity index is 2.40. The van der Waals surface area contributed by atoms with Crippen LogP contribution in [-0.2, 0) is 0 Å². The lowest BCUT2D eigenvalue weighted by Gasteiger charge is -2.08. The third kappa shape index (κ3) is 2.60. The predicted octanol–water partition coefficient (Wildman–Crippen LogP) is 2.80. The molecule has 0 bridgehead atoms. The molecule has 0 spiro atoms. The van der Waals surface area contributed by atoms with Crippen molar-refractivity contribution in [2.24, 2.45) is 5.73 Å². The maximum absolute atomic E-state index is 5.67. The average molecular weight is 217 g/mol. The van der Waals surface area contributed by atoms with E-state index in [1.807, 2.05) is 13.0 Å². The molecule has 3 nitrogen and oxygen atoms in total. The molecule has 2 rings (SSSR count). The number of nitrogens with two attached hydrogens (primary N) is 1. The van der Waals surface area contributed by atoms with Gasteiger partial charge < -0.3 is 5.73 Å². The lowest BCUT2D eigenvalue weighted by Crippen LogP contribution is -2.02. The summed E-state index contributed by atoms with van der Waals surface area (Å²) in [5, 5.41) is 0. The molecular formula is C13H19N3. The van der Waals surface area contributed by atoms with Gasteiger partial charge in [-0.1, -0.05) is 13.8 Å². The van der Waals surface area contributed by atoms with Gasteiger partial charge in [-0.25, -0.2) is 9.97 Å². The van der Waals surface area contributed by atoms with E-state index in [4.69, 9.17) is 5.73 Å². The minimum atomic E-state index is 0.436. The van der Waals surface area contributed by atoms with Gasteiger partial charge in [-0.05, 0) is 31.7 Å². The number of rotatable bonds is 3. The van der Waals surface area contributed by atoms with Crippen molar-refractivity contribution in [1.82, 2.24) is 9.97 Å². The zero-order valence-electron chi connectivity index (χ0n) is 10.2. The molecule has 1 aliphatic carbocycles. The SMILES string of the molecule is C/C(N)=C/c1nc(C(C)C)cc(C2CC2)n1. The van der Waals surface area contributed by atoms with Gasteiger partial charge in [-0.15, -0.1) is 0 Å². The normalized spacial score (nSPS) is 16.9. The van der Waals surface area contributed by atoms with Crippen LogP contribution in [0.1, 0.15) is 62.7 Å². The molecule has 1 aromatic heterocycles. The number of aromatic nitrogens is 2. The summed E-state index contributed by atoms with van der Waals surface area (Å²) in [4.78, 5) is 9.07. The molecule has 1 aromatic rings. The number of hydrogen-bond acceptors (Lipinski definition) is 3. The molecule has 16 heavy (non-hydrogen) atoms. The van der Waals surface area contributed by atoms with Gasteiger partial charge in [-0.3, -0.25) is 0 Å². The fourth-order valence-electron chi connectivity index (χ4n) is 1.66. The van der Waals surface area contributed by atoms with Crippen LogP contribution in [-0.4, -0.2) is 9.97 Å². The summed E-state index contributed by atoms with van der Waals surface area (Å²) in [6.07, 6.45) is 4.37. The first-order valence-electron chi connectivity index (χ1n) is 5.89. The molecule has 1 heterocycles. The van der Waals surface area contributed by atoms with Gasteiger partial charge in [0.05, 0.1) is 0 Å². The smallest absolute Gasteiger partial charge is 0.154 e. The third-order valence-corrected chi connectivity index (χ3v) is 2.73. The van der Waals surface area contributed by atoms with Gasteiger partial charge in [-0.2, -0.15) is 0 Å². The maximum Gasteiger partial charge on any atom is 0.154 e. The maximum atomic E-state index is 5.67. The molecule has 1 fully saturated rings. The number of hydrogen-bond donors (Lipinski definition) is 1. The summed E-state index contributed by atoms with van der Waals surface area (Å²) in [6, 6.07) is 2.14. The molecule has 0 aromatic carbocycles. The Bertz CT molecular complexity index is 393.